The van der Waals surface area contributed by atoms with E-state index in [1.807, 2.05) is 0 Å². The number of hydrogen-bond donors (Lipinski definition) is 1. The van der Waals surface area contributed by atoms with E-state index in [0.29, 0.717) is 6.04 Å². The van der Waals surface area contributed by atoms with E-state index in [-0.39, 0.29) is 0 Å². The Labute approximate surface area is 105 Å². The van der Waals surface area contributed by atoms with Gasteiger partial charge in [-0.25, -0.2) is 0 Å². The van der Waals surface area contributed by atoms with Crippen molar-refractivity contribution < 1.29 is 0 Å². The van der Waals surface area contributed by atoms with Gasteiger partial charge in [-0.2, -0.15) is 0 Å². The highest BCUT2D eigenvalue weighted by molar-refractivity contribution is 5.52. The number of nitrogens with one attached hydrogen (secondary N) is 1. The van der Waals surface area contributed by atoms with Crippen LogP contribution in [0.1, 0.15) is 24.8 Å². The highest BCUT2D eigenvalue weighted by Gasteiger charge is 2.26. The summed E-state index contributed by atoms with van der Waals surface area (Å²) in [6.45, 7) is 3.35. The van der Waals surface area contributed by atoms with Crippen molar-refractivity contribution in [3.63, 3.8) is 0 Å². The molecule has 0 aliphatic heterocycles. The highest BCUT2D eigenvalue weighted by atomic mass is 15.1. The second-order valence-electron chi connectivity index (χ2n) is 5.25. The molecular formula is C15H24N2. The molecule has 2 rings (SSSR count). The molecule has 0 spiro atoms. The molecule has 94 valence electrons. The highest BCUT2D eigenvalue weighted by Crippen LogP contribution is 2.28. The van der Waals surface area contributed by atoms with Crippen LogP contribution in [0.4, 0.5) is 5.69 Å². The van der Waals surface area contributed by atoms with Gasteiger partial charge in [0.25, 0.3) is 0 Å². The number of para-hydroxylation sites is 1. The van der Waals surface area contributed by atoms with Crippen molar-refractivity contribution in [1.82, 2.24) is 5.32 Å². The summed E-state index contributed by atoms with van der Waals surface area (Å²) in [5, 5.41) is 3.46. The number of benzene rings is 1. The Morgan fingerprint density at radius 2 is 2.06 bits per heavy atom. The number of rotatable bonds is 4. The van der Waals surface area contributed by atoms with Gasteiger partial charge >= 0.3 is 0 Å². The van der Waals surface area contributed by atoms with E-state index in [1.165, 1.54) is 30.5 Å². The molecule has 1 N–H and O–H groups in total. The van der Waals surface area contributed by atoms with Gasteiger partial charge < -0.3 is 10.2 Å². The van der Waals surface area contributed by atoms with E-state index >= 15 is 0 Å². The lowest BCUT2D eigenvalue weighted by Crippen LogP contribution is -2.36. The van der Waals surface area contributed by atoms with Crippen molar-refractivity contribution in [2.24, 2.45) is 5.92 Å². The Morgan fingerprint density at radius 3 is 2.76 bits per heavy atom. The van der Waals surface area contributed by atoms with Crippen molar-refractivity contribution in [2.45, 2.75) is 32.2 Å². The second kappa shape index (κ2) is 5.54. The summed E-state index contributed by atoms with van der Waals surface area (Å²) < 4.78 is 0. The first kappa shape index (κ1) is 12.4. The summed E-state index contributed by atoms with van der Waals surface area (Å²) in [5.41, 5.74) is 2.74. The fourth-order valence-electron chi connectivity index (χ4n) is 3.08. The van der Waals surface area contributed by atoms with E-state index in [1.54, 1.807) is 0 Å². The summed E-state index contributed by atoms with van der Waals surface area (Å²) in [5.74, 6) is 0.796. The standard InChI is InChI=1S/C15H24N2/c1-12-7-4-5-10-15(12)17(3)11-13-8-6-9-14(13)16-2/h4-5,7,10,13-14,16H,6,8-9,11H2,1-3H3. The van der Waals surface area contributed by atoms with Crippen LogP contribution >= 0.6 is 0 Å². The summed E-state index contributed by atoms with van der Waals surface area (Å²) in [4.78, 5) is 2.41. The second-order valence-corrected chi connectivity index (χ2v) is 5.25. The smallest absolute Gasteiger partial charge is 0.0393 e. The SMILES string of the molecule is CNC1CCCC1CN(C)c1ccccc1C. The molecule has 0 heterocycles. The van der Waals surface area contributed by atoms with Gasteiger partial charge in [0.1, 0.15) is 0 Å². The van der Waals surface area contributed by atoms with E-state index in [2.05, 4.69) is 55.5 Å². The van der Waals surface area contributed by atoms with Crippen molar-refractivity contribution in [2.75, 3.05) is 25.5 Å². The minimum Gasteiger partial charge on any atom is -0.374 e. The summed E-state index contributed by atoms with van der Waals surface area (Å²) in [6, 6.07) is 9.36. The fraction of sp³-hybridized carbons (Fsp3) is 0.600. The topological polar surface area (TPSA) is 15.3 Å². The molecule has 0 amide bonds. The van der Waals surface area contributed by atoms with Gasteiger partial charge in [0.05, 0.1) is 0 Å². The van der Waals surface area contributed by atoms with Gasteiger partial charge in [-0.05, 0) is 44.4 Å². The van der Waals surface area contributed by atoms with Crippen LogP contribution in [0.5, 0.6) is 0 Å². The third kappa shape index (κ3) is 2.81. The van der Waals surface area contributed by atoms with Crippen LogP contribution in [0.25, 0.3) is 0 Å². The van der Waals surface area contributed by atoms with Crippen LogP contribution in [0.2, 0.25) is 0 Å². The van der Waals surface area contributed by atoms with Gasteiger partial charge in [-0.15, -0.1) is 0 Å². The third-order valence-electron chi connectivity index (χ3n) is 4.06. The summed E-state index contributed by atoms with van der Waals surface area (Å²) in [6.07, 6.45) is 4.07. The van der Waals surface area contributed by atoms with Gasteiger partial charge in [0, 0.05) is 25.3 Å². The quantitative estimate of drug-likeness (QED) is 0.858. The average molecular weight is 232 g/mol. The van der Waals surface area contributed by atoms with Crippen LogP contribution in [-0.2, 0) is 0 Å². The molecule has 2 unspecified atom stereocenters. The number of anilines is 1. The molecule has 0 saturated heterocycles. The molecule has 2 nitrogen and oxygen atoms in total. The Hall–Kier alpha value is -1.02. The summed E-state index contributed by atoms with van der Waals surface area (Å²) >= 11 is 0. The monoisotopic (exact) mass is 232 g/mol. The summed E-state index contributed by atoms with van der Waals surface area (Å²) in [7, 11) is 4.31. The lowest BCUT2D eigenvalue weighted by molar-refractivity contribution is 0.428. The molecule has 2 heteroatoms. The Kier molecular flexibility index (Phi) is 4.06. The molecule has 2 atom stereocenters. The van der Waals surface area contributed by atoms with Gasteiger partial charge in [-0.1, -0.05) is 24.6 Å². The Morgan fingerprint density at radius 1 is 1.29 bits per heavy atom. The van der Waals surface area contributed by atoms with Gasteiger partial charge in [0.15, 0.2) is 0 Å². The molecule has 0 radical (unpaired) electrons. The maximum absolute atomic E-state index is 3.46. The van der Waals surface area contributed by atoms with E-state index in [9.17, 15) is 0 Å². The first-order chi connectivity index (χ1) is 8.22. The number of nitrogens with zero attached hydrogens (tertiary/aromatic N) is 1. The van der Waals surface area contributed by atoms with E-state index in [0.717, 1.165) is 12.5 Å². The number of hydrogen-bond acceptors (Lipinski definition) is 2. The zero-order chi connectivity index (χ0) is 12.3. The molecule has 1 aliphatic carbocycles. The molecule has 1 aromatic carbocycles. The first-order valence-electron chi connectivity index (χ1n) is 6.66. The first-order valence-corrected chi connectivity index (χ1v) is 6.66. The number of aryl methyl sites for hydroxylation is 1. The van der Waals surface area contributed by atoms with Crippen LogP contribution in [0, 0.1) is 12.8 Å². The van der Waals surface area contributed by atoms with Gasteiger partial charge in [-0.3, -0.25) is 0 Å². The largest absolute Gasteiger partial charge is 0.374 e. The minimum absolute atomic E-state index is 0.710. The zero-order valence-corrected chi connectivity index (χ0v) is 11.2. The molecule has 0 aromatic heterocycles. The lowest BCUT2D eigenvalue weighted by atomic mass is 10.0. The third-order valence-corrected chi connectivity index (χ3v) is 4.06. The maximum atomic E-state index is 3.46. The fourth-order valence-corrected chi connectivity index (χ4v) is 3.08. The molecule has 1 fully saturated rings. The predicted molar refractivity (Wildman–Crippen MR) is 74.6 cm³/mol. The molecule has 0 bridgehead atoms. The van der Waals surface area contributed by atoms with Crippen molar-refractivity contribution in [3.8, 4) is 0 Å². The van der Waals surface area contributed by atoms with Crippen LogP contribution in [-0.4, -0.2) is 26.7 Å². The average Bonchev–Trinajstić information content (AvgIpc) is 2.76. The van der Waals surface area contributed by atoms with Crippen LogP contribution < -0.4 is 10.2 Å². The maximum Gasteiger partial charge on any atom is 0.0393 e. The van der Waals surface area contributed by atoms with Crippen molar-refractivity contribution in [3.05, 3.63) is 29.8 Å². The van der Waals surface area contributed by atoms with Gasteiger partial charge in [0.2, 0.25) is 0 Å². The minimum atomic E-state index is 0.710. The molecule has 1 saturated carbocycles. The van der Waals surface area contributed by atoms with Crippen LogP contribution in [0.3, 0.4) is 0 Å². The molecule has 1 aromatic rings. The van der Waals surface area contributed by atoms with Crippen molar-refractivity contribution >= 4 is 5.69 Å². The van der Waals surface area contributed by atoms with Crippen molar-refractivity contribution in [1.29, 1.82) is 0 Å². The lowest BCUT2D eigenvalue weighted by Gasteiger charge is -2.28. The van der Waals surface area contributed by atoms with E-state index < -0.39 is 0 Å². The molecular weight excluding hydrogens is 208 g/mol. The predicted octanol–water partition coefficient (Wildman–Crippen LogP) is 2.82. The molecule has 17 heavy (non-hydrogen) atoms. The Bertz CT molecular complexity index is 362. The molecule has 1 aliphatic rings. The zero-order valence-electron chi connectivity index (χ0n) is 11.2. The normalized spacial score (nSPS) is 23.9. The van der Waals surface area contributed by atoms with E-state index in [4.69, 9.17) is 0 Å². The Balaban J connectivity index is 2.01. The van der Waals surface area contributed by atoms with Crippen LogP contribution in [0.15, 0.2) is 24.3 Å².